The van der Waals surface area contributed by atoms with Crippen LogP contribution in [0, 0.1) is 0 Å². The summed E-state index contributed by atoms with van der Waals surface area (Å²) in [4.78, 5) is 23.8. The van der Waals surface area contributed by atoms with Crippen molar-refractivity contribution in [2.45, 2.75) is 39.7 Å². The van der Waals surface area contributed by atoms with Crippen LogP contribution in [0.1, 0.15) is 33.6 Å². The van der Waals surface area contributed by atoms with E-state index in [1.54, 1.807) is 4.90 Å². The Morgan fingerprint density at radius 3 is 2.07 bits per heavy atom. The zero-order valence-electron chi connectivity index (χ0n) is 9.62. The zero-order valence-corrected chi connectivity index (χ0v) is 9.62. The van der Waals surface area contributed by atoms with Gasteiger partial charge in [-0.3, -0.25) is 4.79 Å². The Hall–Kier alpha value is -1.26. The molecule has 0 unspecified atom stereocenters. The van der Waals surface area contributed by atoms with Crippen molar-refractivity contribution in [3.63, 3.8) is 0 Å². The molecule has 0 aromatic rings. The fourth-order valence-electron chi connectivity index (χ4n) is 1.19. The van der Waals surface area contributed by atoms with Crippen molar-refractivity contribution in [1.82, 2.24) is 10.2 Å². The first-order valence-corrected chi connectivity index (χ1v) is 5.31. The molecule has 1 atom stereocenters. The molecule has 0 heterocycles. The Kier molecular flexibility index (Phi) is 6.49. The molecule has 2 N–H and O–H groups in total. The minimum absolute atomic E-state index is 0.298. The van der Waals surface area contributed by atoms with Crippen LogP contribution in [0.2, 0.25) is 0 Å². The second kappa shape index (κ2) is 7.09. The Labute approximate surface area is 90.5 Å². The summed E-state index contributed by atoms with van der Waals surface area (Å²) in [5, 5.41) is 11.1. The molecular weight excluding hydrogens is 196 g/mol. The molecule has 15 heavy (non-hydrogen) atoms. The summed E-state index contributed by atoms with van der Waals surface area (Å²) in [5.74, 6) is -1.02. The predicted molar refractivity (Wildman–Crippen MR) is 57.8 cm³/mol. The van der Waals surface area contributed by atoms with Crippen molar-refractivity contribution in [3.8, 4) is 0 Å². The molecule has 0 aromatic carbocycles. The van der Waals surface area contributed by atoms with Gasteiger partial charge in [-0.25, -0.2) is 4.79 Å². The van der Waals surface area contributed by atoms with E-state index in [1.165, 1.54) is 6.92 Å². The van der Waals surface area contributed by atoms with E-state index in [1.807, 2.05) is 13.8 Å². The summed E-state index contributed by atoms with van der Waals surface area (Å²) in [6.07, 6.45) is 1.74. The van der Waals surface area contributed by atoms with E-state index < -0.39 is 12.0 Å². The molecule has 0 aliphatic carbocycles. The summed E-state index contributed by atoms with van der Waals surface area (Å²) in [7, 11) is 0. The number of nitrogens with one attached hydrogen (secondary N) is 1. The summed E-state index contributed by atoms with van der Waals surface area (Å²) < 4.78 is 0. The maximum Gasteiger partial charge on any atom is 0.325 e. The molecule has 0 bridgehead atoms. The predicted octanol–water partition coefficient (Wildman–Crippen LogP) is 1.29. The lowest BCUT2D eigenvalue weighted by Crippen LogP contribution is -2.47. The van der Waals surface area contributed by atoms with Crippen LogP contribution in [0.4, 0.5) is 4.79 Å². The molecule has 0 spiro atoms. The molecule has 0 aliphatic heterocycles. The third-order valence-electron chi connectivity index (χ3n) is 1.98. The third kappa shape index (κ3) is 5.24. The highest BCUT2D eigenvalue weighted by Crippen LogP contribution is 1.96. The lowest BCUT2D eigenvalue weighted by Gasteiger charge is -2.23. The summed E-state index contributed by atoms with van der Waals surface area (Å²) in [6.45, 7) is 6.74. The first kappa shape index (κ1) is 13.7. The van der Waals surface area contributed by atoms with E-state index >= 15 is 0 Å². The molecule has 0 saturated carbocycles. The van der Waals surface area contributed by atoms with Gasteiger partial charge in [-0.2, -0.15) is 0 Å². The molecule has 2 amide bonds. The van der Waals surface area contributed by atoms with Gasteiger partial charge in [0.15, 0.2) is 0 Å². The molecule has 0 aliphatic rings. The molecule has 0 rings (SSSR count). The van der Waals surface area contributed by atoms with E-state index in [0.717, 1.165) is 12.8 Å². The van der Waals surface area contributed by atoms with Crippen molar-refractivity contribution >= 4 is 12.0 Å². The van der Waals surface area contributed by atoms with Gasteiger partial charge in [0, 0.05) is 13.1 Å². The van der Waals surface area contributed by atoms with E-state index in [4.69, 9.17) is 5.11 Å². The number of carbonyl (C=O) groups is 2. The van der Waals surface area contributed by atoms with Gasteiger partial charge in [0.1, 0.15) is 6.04 Å². The second-order valence-corrected chi connectivity index (χ2v) is 3.50. The quantitative estimate of drug-likeness (QED) is 0.703. The average molecular weight is 216 g/mol. The van der Waals surface area contributed by atoms with Crippen LogP contribution in [-0.2, 0) is 4.79 Å². The van der Waals surface area contributed by atoms with Crippen LogP contribution in [0.25, 0.3) is 0 Å². The third-order valence-corrected chi connectivity index (χ3v) is 1.98. The topological polar surface area (TPSA) is 69.6 Å². The van der Waals surface area contributed by atoms with Gasteiger partial charge in [0.05, 0.1) is 0 Å². The second-order valence-electron chi connectivity index (χ2n) is 3.50. The molecule has 5 heteroatoms. The van der Waals surface area contributed by atoms with Crippen LogP contribution >= 0.6 is 0 Å². The number of amides is 2. The molecule has 88 valence electrons. The average Bonchev–Trinajstić information content (AvgIpc) is 2.17. The maximum absolute atomic E-state index is 11.6. The lowest BCUT2D eigenvalue weighted by atomic mass is 10.3. The van der Waals surface area contributed by atoms with E-state index in [2.05, 4.69) is 5.32 Å². The minimum Gasteiger partial charge on any atom is -0.480 e. The molecular formula is C10H20N2O3. The number of nitrogens with zero attached hydrogens (tertiary/aromatic N) is 1. The van der Waals surface area contributed by atoms with Crippen LogP contribution < -0.4 is 5.32 Å². The van der Waals surface area contributed by atoms with Crippen LogP contribution in [0.5, 0.6) is 0 Å². The maximum atomic E-state index is 11.6. The molecule has 5 nitrogen and oxygen atoms in total. The Bertz CT molecular complexity index is 213. The number of aliphatic carboxylic acids is 1. The first-order chi connectivity index (χ1) is 7.02. The van der Waals surface area contributed by atoms with Crippen molar-refractivity contribution in [1.29, 1.82) is 0 Å². The summed E-state index contributed by atoms with van der Waals surface area (Å²) >= 11 is 0. The van der Waals surface area contributed by atoms with E-state index in [-0.39, 0.29) is 6.03 Å². The molecule has 0 aromatic heterocycles. The number of hydrogen-bond donors (Lipinski definition) is 2. The molecule has 0 saturated heterocycles. The van der Waals surface area contributed by atoms with E-state index in [9.17, 15) is 9.59 Å². The number of carboxylic acids is 1. The Morgan fingerprint density at radius 2 is 1.73 bits per heavy atom. The normalized spacial score (nSPS) is 11.9. The van der Waals surface area contributed by atoms with Gasteiger partial charge < -0.3 is 15.3 Å². The van der Waals surface area contributed by atoms with Crippen molar-refractivity contribution < 1.29 is 14.7 Å². The first-order valence-electron chi connectivity index (χ1n) is 5.31. The number of carboxylic acid groups (broad SMARTS) is 1. The largest absolute Gasteiger partial charge is 0.480 e. The van der Waals surface area contributed by atoms with Gasteiger partial charge in [0.2, 0.25) is 0 Å². The highest BCUT2D eigenvalue weighted by atomic mass is 16.4. The van der Waals surface area contributed by atoms with Crippen molar-refractivity contribution in [3.05, 3.63) is 0 Å². The minimum atomic E-state index is -1.02. The fourth-order valence-corrected chi connectivity index (χ4v) is 1.19. The van der Waals surface area contributed by atoms with Crippen LogP contribution in [-0.4, -0.2) is 41.1 Å². The van der Waals surface area contributed by atoms with Crippen molar-refractivity contribution in [2.75, 3.05) is 13.1 Å². The van der Waals surface area contributed by atoms with Gasteiger partial charge in [-0.15, -0.1) is 0 Å². The Morgan fingerprint density at radius 1 is 1.27 bits per heavy atom. The van der Waals surface area contributed by atoms with Gasteiger partial charge in [-0.1, -0.05) is 13.8 Å². The Balaban J connectivity index is 4.18. The van der Waals surface area contributed by atoms with Crippen LogP contribution in [0.3, 0.4) is 0 Å². The van der Waals surface area contributed by atoms with Gasteiger partial charge >= 0.3 is 12.0 Å². The highest BCUT2D eigenvalue weighted by Gasteiger charge is 2.17. The molecule has 0 fully saturated rings. The lowest BCUT2D eigenvalue weighted by molar-refractivity contribution is -0.138. The standard InChI is InChI=1S/C10H20N2O3/c1-4-6-12(7-5-2)10(15)11-8(3)9(13)14/h8H,4-7H2,1-3H3,(H,11,15)(H,13,14)/t8-/m0/s1. The smallest absolute Gasteiger partial charge is 0.325 e. The van der Waals surface area contributed by atoms with Gasteiger partial charge in [-0.05, 0) is 19.8 Å². The number of hydrogen-bond acceptors (Lipinski definition) is 2. The van der Waals surface area contributed by atoms with Crippen molar-refractivity contribution in [2.24, 2.45) is 0 Å². The SMILES string of the molecule is CCCN(CCC)C(=O)N[C@@H](C)C(=O)O. The highest BCUT2D eigenvalue weighted by molar-refractivity contribution is 5.82. The number of urea groups is 1. The summed E-state index contributed by atoms with van der Waals surface area (Å²) in [5.41, 5.74) is 0. The van der Waals surface area contributed by atoms with Crippen LogP contribution in [0.15, 0.2) is 0 Å². The number of carbonyl (C=O) groups excluding carboxylic acids is 1. The fraction of sp³-hybridized carbons (Fsp3) is 0.800. The number of rotatable bonds is 6. The summed E-state index contributed by atoms with van der Waals surface area (Å²) in [6, 6.07) is -1.14. The molecule has 0 radical (unpaired) electrons. The van der Waals surface area contributed by atoms with Gasteiger partial charge in [0.25, 0.3) is 0 Å². The van der Waals surface area contributed by atoms with E-state index in [0.29, 0.717) is 13.1 Å². The monoisotopic (exact) mass is 216 g/mol. The zero-order chi connectivity index (χ0) is 11.8.